The summed E-state index contributed by atoms with van der Waals surface area (Å²) in [5, 5.41) is 0. The van der Waals surface area contributed by atoms with Gasteiger partial charge in [0.2, 0.25) is 0 Å². The number of ether oxygens (including phenoxy) is 2. The first kappa shape index (κ1) is 18.1. The molecule has 0 aliphatic carbocycles. The first-order valence-electron chi connectivity index (χ1n) is 9.02. The maximum absolute atomic E-state index is 12.8. The average molecular weight is 354 g/mol. The molecule has 5 nitrogen and oxygen atoms in total. The summed E-state index contributed by atoms with van der Waals surface area (Å²) < 4.78 is 11.0. The number of para-hydroxylation sites is 1. The van der Waals surface area contributed by atoms with E-state index in [1.165, 1.54) is 0 Å². The number of methoxy groups -OCH3 is 1. The molecule has 138 valence electrons. The summed E-state index contributed by atoms with van der Waals surface area (Å²) in [4.78, 5) is 17.0. The molecule has 0 aromatic heterocycles. The molecule has 0 saturated carbocycles. The highest BCUT2D eigenvalue weighted by Gasteiger charge is 2.24. The fourth-order valence-electron chi connectivity index (χ4n) is 3.17. The lowest BCUT2D eigenvalue weighted by molar-refractivity contribution is 0.0743. The van der Waals surface area contributed by atoms with E-state index < -0.39 is 0 Å². The Hall–Kier alpha value is -2.69. The summed E-state index contributed by atoms with van der Waals surface area (Å²) in [7, 11) is 1.59. The van der Waals surface area contributed by atoms with E-state index in [-0.39, 0.29) is 12.0 Å². The van der Waals surface area contributed by atoms with Crippen LogP contribution in [0.3, 0.4) is 0 Å². The quantitative estimate of drug-likeness (QED) is 0.825. The van der Waals surface area contributed by atoms with Gasteiger partial charge >= 0.3 is 0 Å². The summed E-state index contributed by atoms with van der Waals surface area (Å²) in [6.45, 7) is 7.05. The number of piperazine rings is 1. The molecular formula is C21H26N2O3. The highest BCUT2D eigenvalue weighted by atomic mass is 16.5. The van der Waals surface area contributed by atoms with Crippen LogP contribution in [0.2, 0.25) is 0 Å². The molecule has 0 spiro atoms. The predicted octanol–water partition coefficient (Wildman–Crippen LogP) is 3.44. The van der Waals surface area contributed by atoms with Gasteiger partial charge in [0.05, 0.1) is 18.8 Å². The second-order valence-electron chi connectivity index (χ2n) is 6.64. The van der Waals surface area contributed by atoms with Gasteiger partial charge in [-0.1, -0.05) is 12.1 Å². The molecule has 1 heterocycles. The Morgan fingerprint density at radius 2 is 1.62 bits per heavy atom. The largest absolute Gasteiger partial charge is 0.496 e. The van der Waals surface area contributed by atoms with Crippen LogP contribution in [0.25, 0.3) is 0 Å². The lowest BCUT2D eigenvalue weighted by Gasteiger charge is -2.36. The first-order valence-corrected chi connectivity index (χ1v) is 9.02. The van der Waals surface area contributed by atoms with E-state index in [1.807, 2.05) is 55.1 Å². The molecule has 1 aliphatic heterocycles. The summed E-state index contributed by atoms with van der Waals surface area (Å²) in [6.07, 6.45) is 0.172. The topological polar surface area (TPSA) is 42.0 Å². The molecular weight excluding hydrogens is 328 g/mol. The SMILES string of the molecule is COc1ccccc1C(=O)N1CCN(c2ccc(OC(C)C)cc2)CC1. The summed E-state index contributed by atoms with van der Waals surface area (Å²) >= 11 is 0. The molecule has 5 heteroatoms. The van der Waals surface area contributed by atoms with Crippen LogP contribution in [-0.2, 0) is 0 Å². The van der Waals surface area contributed by atoms with Crippen molar-refractivity contribution in [1.29, 1.82) is 0 Å². The molecule has 3 rings (SSSR count). The summed E-state index contributed by atoms with van der Waals surface area (Å²) in [5.74, 6) is 1.54. The Kier molecular flexibility index (Phi) is 5.66. The Labute approximate surface area is 155 Å². The van der Waals surface area contributed by atoms with Gasteiger partial charge in [-0.25, -0.2) is 0 Å². The fraction of sp³-hybridized carbons (Fsp3) is 0.381. The van der Waals surface area contributed by atoms with Crippen LogP contribution in [0.4, 0.5) is 5.69 Å². The van der Waals surface area contributed by atoms with Crippen LogP contribution in [0, 0.1) is 0 Å². The first-order chi connectivity index (χ1) is 12.6. The van der Waals surface area contributed by atoms with Crippen molar-refractivity contribution < 1.29 is 14.3 Å². The van der Waals surface area contributed by atoms with Gasteiger partial charge in [0.25, 0.3) is 5.91 Å². The number of carbonyl (C=O) groups is 1. The number of rotatable bonds is 5. The van der Waals surface area contributed by atoms with Gasteiger partial charge in [-0.05, 0) is 50.2 Å². The molecule has 0 bridgehead atoms. The highest BCUT2D eigenvalue weighted by molar-refractivity contribution is 5.97. The highest BCUT2D eigenvalue weighted by Crippen LogP contribution is 2.23. The maximum atomic E-state index is 12.8. The van der Waals surface area contributed by atoms with Gasteiger partial charge in [-0.3, -0.25) is 4.79 Å². The van der Waals surface area contributed by atoms with E-state index in [0.29, 0.717) is 24.4 Å². The number of hydrogen-bond acceptors (Lipinski definition) is 4. The normalized spacial score (nSPS) is 14.5. The Morgan fingerprint density at radius 3 is 2.23 bits per heavy atom. The predicted molar refractivity (Wildman–Crippen MR) is 103 cm³/mol. The standard InChI is InChI=1S/C21H26N2O3/c1-16(2)26-18-10-8-17(9-11-18)22-12-14-23(15-13-22)21(24)19-6-4-5-7-20(19)25-3/h4-11,16H,12-15H2,1-3H3. The lowest BCUT2D eigenvalue weighted by atomic mass is 10.1. The molecule has 26 heavy (non-hydrogen) atoms. The number of benzene rings is 2. The Balaban J connectivity index is 1.61. The van der Waals surface area contributed by atoms with Crippen LogP contribution in [0.1, 0.15) is 24.2 Å². The molecule has 0 unspecified atom stereocenters. The van der Waals surface area contributed by atoms with Gasteiger partial charge in [0.15, 0.2) is 0 Å². The molecule has 1 amide bonds. The zero-order valence-corrected chi connectivity index (χ0v) is 15.6. The van der Waals surface area contributed by atoms with E-state index in [9.17, 15) is 4.79 Å². The van der Waals surface area contributed by atoms with E-state index >= 15 is 0 Å². The number of nitrogens with zero attached hydrogens (tertiary/aromatic N) is 2. The van der Waals surface area contributed by atoms with Gasteiger partial charge in [-0.2, -0.15) is 0 Å². The van der Waals surface area contributed by atoms with Crippen molar-refractivity contribution in [3.05, 3.63) is 54.1 Å². The van der Waals surface area contributed by atoms with Crippen LogP contribution in [-0.4, -0.2) is 50.2 Å². The number of hydrogen-bond donors (Lipinski definition) is 0. The molecule has 1 fully saturated rings. The Morgan fingerprint density at radius 1 is 0.962 bits per heavy atom. The second kappa shape index (κ2) is 8.13. The monoisotopic (exact) mass is 354 g/mol. The van der Waals surface area contributed by atoms with Crippen LogP contribution < -0.4 is 14.4 Å². The molecule has 2 aromatic carbocycles. The number of anilines is 1. The van der Waals surface area contributed by atoms with Crippen molar-refractivity contribution in [1.82, 2.24) is 4.90 Å². The van der Waals surface area contributed by atoms with E-state index in [0.717, 1.165) is 24.5 Å². The summed E-state index contributed by atoms with van der Waals surface area (Å²) in [6, 6.07) is 15.5. The molecule has 0 N–H and O–H groups in total. The number of carbonyl (C=O) groups excluding carboxylic acids is 1. The zero-order valence-electron chi connectivity index (χ0n) is 15.6. The molecule has 1 saturated heterocycles. The lowest BCUT2D eigenvalue weighted by Crippen LogP contribution is -2.48. The number of amides is 1. The van der Waals surface area contributed by atoms with Crippen molar-refractivity contribution in [2.45, 2.75) is 20.0 Å². The van der Waals surface area contributed by atoms with Gasteiger partial charge in [0.1, 0.15) is 11.5 Å². The minimum absolute atomic E-state index is 0.0304. The average Bonchev–Trinajstić information content (AvgIpc) is 2.67. The molecule has 1 aliphatic rings. The van der Waals surface area contributed by atoms with Crippen molar-refractivity contribution in [2.24, 2.45) is 0 Å². The van der Waals surface area contributed by atoms with E-state index in [1.54, 1.807) is 7.11 Å². The molecule has 0 radical (unpaired) electrons. The maximum Gasteiger partial charge on any atom is 0.257 e. The third-order valence-electron chi connectivity index (χ3n) is 4.48. The van der Waals surface area contributed by atoms with Crippen LogP contribution >= 0.6 is 0 Å². The van der Waals surface area contributed by atoms with Gasteiger partial charge in [0, 0.05) is 31.9 Å². The minimum atomic E-state index is 0.0304. The van der Waals surface area contributed by atoms with Gasteiger partial charge < -0.3 is 19.3 Å². The van der Waals surface area contributed by atoms with Crippen LogP contribution in [0.5, 0.6) is 11.5 Å². The molecule has 0 atom stereocenters. The van der Waals surface area contributed by atoms with Crippen molar-refractivity contribution in [3.8, 4) is 11.5 Å². The third kappa shape index (κ3) is 4.10. The summed E-state index contributed by atoms with van der Waals surface area (Å²) in [5.41, 5.74) is 1.78. The second-order valence-corrected chi connectivity index (χ2v) is 6.64. The van der Waals surface area contributed by atoms with Gasteiger partial charge in [-0.15, -0.1) is 0 Å². The van der Waals surface area contributed by atoms with E-state index in [4.69, 9.17) is 9.47 Å². The van der Waals surface area contributed by atoms with Crippen molar-refractivity contribution in [3.63, 3.8) is 0 Å². The van der Waals surface area contributed by atoms with Crippen LogP contribution in [0.15, 0.2) is 48.5 Å². The molecule has 2 aromatic rings. The smallest absolute Gasteiger partial charge is 0.257 e. The van der Waals surface area contributed by atoms with Crippen molar-refractivity contribution >= 4 is 11.6 Å². The Bertz CT molecular complexity index is 735. The zero-order chi connectivity index (χ0) is 18.5. The van der Waals surface area contributed by atoms with E-state index in [2.05, 4.69) is 17.0 Å². The third-order valence-corrected chi connectivity index (χ3v) is 4.48. The fourth-order valence-corrected chi connectivity index (χ4v) is 3.17. The van der Waals surface area contributed by atoms with Crippen molar-refractivity contribution in [2.75, 3.05) is 38.2 Å². The minimum Gasteiger partial charge on any atom is -0.496 e.